The van der Waals surface area contributed by atoms with Crippen molar-refractivity contribution in [1.29, 1.82) is 0 Å². The Balaban J connectivity index is 1.41. The van der Waals surface area contributed by atoms with Gasteiger partial charge in [-0.2, -0.15) is 0 Å². The van der Waals surface area contributed by atoms with Crippen molar-refractivity contribution >= 4 is 62.9 Å². The molecule has 0 aromatic heterocycles. The molecule has 0 atom stereocenters. The number of nitrogens with one attached hydrogen (secondary N) is 3. The SMILES string of the molecule is Cc1cccc(C)c1NC(=O)CSc1ccc(NC(=O)/C(=C/c2ccc(Br)cc2)NC(=O)c2ccccc2)cc1. The highest BCUT2D eigenvalue weighted by Gasteiger charge is 2.15. The number of carbonyl (C=O) groups excluding carboxylic acids is 3. The van der Waals surface area contributed by atoms with Crippen LogP contribution in [0.25, 0.3) is 6.08 Å². The summed E-state index contributed by atoms with van der Waals surface area (Å²) in [6.07, 6.45) is 1.63. The molecule has 0 aliphatic carbocycles. The molecule has 0 bridgehead atoms. The van der Waals surface area contributed by atoms with E-state index in [0.29, 0.717) is 11.3 Å². The molecule has 0 unspecified atom stereocenters. The van der Waals surface area contributed by atoms with Crippen LogP contribution in [0, 0.1) is 13.8 Å². The first kappa shape index (κ1) is 28.9. The van der Waals surface area contributed by atoms with Crippen LogP contribution in [-0.2, 0) is 9.59 Å². The third-order valence-corrected chi connectivity index (χ3v) is 7.48. The van der Waals surface area contributed by atoms with E-state index in [0.717, 1.165) is 31.7 Å². The fraction of sp³-hybridized carbons (Fsp3) is 0.0938. The van der Waals surface area contributed by atoms with Gasteiger partial charge in [-0.15, -0.1) is 11.8 Å². The van der Waals surface area contributed by atoms with Crippen LogP contribution in [0.15, 0.2) is 112 Å². The van der Waals surface area contributed by atoms with Crippen LogP contribution in [0.1, 0.15) is 27.0 Å². The maximum absolute atomic E-state index is 13.2. The van der Waals surface area contributed by atoms with Gasteiger partial charge < -0.3 is 16.0 Å². The normalized spacial score (nSPS) is 11.0. The number of para-hydroxylation sites is 1. The smallest absolute Gasteiger partial charge is 0.272 e. The Morgan fingerprint density at radius 2 is 1.43 bits per heavy atom. The van der Waals surface area contributed by atoms with Gasteiger partial charge in [0.15, 0.2) is 0 Å². The average Bonchev–Trinajstić information content (AvgIpc) is 2.96. The average molecular weight is 615 g/mol. The summed E-state index contributed by atoms with van der Waals surface area (Å²) in [5, 5.41) is 8.57. The van der Waals surface area contributed by atoms with E-state index in [9.17, 15) is 14.4 Å². The van der Waals surface area contributed by atoms with Crippen molar-refractivity contribution < 1.29 is 14.4 Å². The highest BCUT2D eigenvalue weighted by atomic mass is 79.9. The van der Waals surface area contributed by atoms with Gasteiger partial charge in [-0.05, 0) is 85.1 Å². The molecule has 0 heterocycles. The highest BCUT2D eigenvalue weighted by molar-refractivity contribution is 9.10. The Hall–Kier alpha value is -4.14. The molecule has 0 saturated carbocycles. The van der Waals surface area contributed by atoms with Crippen LogP contribution in [0.3, 0.4) is 0 Å². The lowest BCUT2D eigenvalue weighted by atomic mass is 10.1. The van der Waals surface area contributed by atoms with Gasteiger partial charge >= 0.3 is 0 Å². The summed E-state index contributed by atoms with van der Waals surface area (Å²) in [7, 11) is 0. The lowest BCUT2D eigenvalue weighted by Gasteiger charge is -2.12. The van der Waals surface area contributed by atoms with Crippen molar-refractivity contribution in [2.75, 3.05) is 16.4 Å². The van der Waals surface area contributed by atoms with Gasteiger partial charge in [-0.1, -0.05) is 64.5 Å². The molecule has 0 aliphatic rings. The molecule has 0 saturated heterocycles. The molecule has 4 aromatic carbocycles. The molecule has 0 fully saturated rings. The van der Waals surface area contributed by atoms with Crippen LogP contribution in [0.5, 0.6) is 0 Å². The Bertz CT molecular complexity index is 1520. The number of carbonyl (C=O) groups is 3. The molecule has 4 aromatic rings. The zero-order chi connectivity index (χ0) is 28.5. The number of rotatable bonds is 9. The molecule has 4 rings (SSSR count). The van der Waals surface area contributed by atoms with Crippen LogP contribution in [0.4, 0.5) is 11.4 Å². The second kappa shape index (κ2) is 13.8. The fourth-order valence-electron chi connectivity index (χ4n) is 3.84. The molecule has 0 radical (unpaired) electrons. The van der Waals surface area contributed by atoms with Crippen molar-refractivity contribution in [2.45, 2.75) is 18.7 Å². The zero-order valence-electron chi connectivity index (χ0n) is 22.0. The third kappa shape index (κ3) is 8.18. The molecule has 3 N–H and O–H groups in total. The van der Waals surface area contributed by atoms with Gasteiger partial charge in [0.1, 0.15) is 5.70 Å². The summed E-state index contributed by atoms with van der Waals surface area (Å²) >= 11 is 4.81. The van der Waals surface area contributed by atoms with Crippen molar-refractivity contribution in [3.63, 3.8) is 0 Å². The maximum atomic E-state index is 13.2. The largest absolute Gasteiger partial charge is 0.325 e. The Labute approximate surface area is 246 Å². The van der Waals surface area contributed by atoms with E-state index in [2.05, 4.69) is 31.9 Å². The summed E-state index contributed by atoms with van der Waals surface area (Å²) < 4.78 is 0.907. The molecule has 3 amide bonds. The van der Waals surface area contributed by atoms with Crippen LogP contribution in [-0.4, -0.2) is 23.5 Å². The minimum Gasteiger partial charge on any atom is -0.325 e. The Kier molecular flexibility index (Phi) is 9.94. The number of amides is 3. The molecule has 40 heavy (non-hydrogen) atoms. The quantitative estimate of drug-likeness (QED) is 0.137. The van der Waals surface area contributed by atoms with E-state index in [1.807, 2.05) is 74.5 Å². The van der Waals surface area contributed by atoms with E-state index in [1.54, 1.807) is 42.5 Å². The molecular formula is C32H28BrN3O3S. The summed E-state index contributed by atoms with van der Waals surface area (Å²) in [6, 6.07) is 29.2. The minimum absolute atomic E-state index is 0.0864. The van der Waals surface area contributed by atoms with Gasteiger partial charge in [0.2, 0.25) is 5.91 Å². The number of hydrogen-bond acceptors (Lipinski definition) is 4. The van der Waals surface area contributed by atoms with Crippen molar-refractivity contribution in [2.24, 2.45) is 0 Å². The second-order valence-electron chi connectivity index (χ2n) is 9.01. The highest BCUT2D eigenvalue weighted by Crippen LogP contribution is 2.23. The van der Waals surface area contributed by atoms with Crippen molar-refractivity contribution in [3.8, 4) is 0 Å². The predicted octanol–water partition coefficient (Wildman–Crippen LogP) is 7.21. The van der Waals surface area contributed by atoms with Gasteiger partial charge in [0.25, 0.3) is 11.8 Å². The van der Waals surface area contributed by atoms with Crippen LogP contribution in [0.2, 0.25) is 0 Å². The minimum atomic E-state index is -0.458. The number of hydrogen-bond donors (Lipinski definition) is 3. The summed E-state index contributed by atoms with van der Waals surface area (Å²) in [5.41, 5.74) is 4.76. The summed E-state index contributed by atoms with van der Waals surface area (Å²) in [5.74, 6) is -0.673. The Morgan fingerprint density at radius 1 is 0.775 bits per heavy atom. The molecule has 0 spiro atoms. The van der Waals surface area contributed by atoms with E-state index < -0.39 is 5.91 Å². The van der Waals surface area contributed by atoms with Crippen LogP contribution < -0.4 is 16.0 Å². The van der Waals surface area contributed by atoms with Gasteiger partial charge in [0.05, 0.1) is 5.75 Å². The van der Waals surface area contributed by atoms with E-state index in [1.165, 1.54) is 11.8 Å². The fourth-order valence-corrected chi connectivity index (χ4v) is 4.80. The lowest BCUT2D eigenvalue weighted by Crippen LogP contribution is -2.30. The summed E-state index contributed by atoms with van der Waals surface area (Å²) in [6.45, 7) is 3.94. The predicted molar refractivity (Wildman–Crippen MR) is 166 cm³/mol. The number of halogens is 1. The number of anilines is 2. The number of thioether (sulfide) groups is 1. The molecule has 6 nitrogen and oxygen atoms in total. The molecule has 8 heteroatoms. The molecule has 202 valence electrons. The molecular weight excluding hydrogens is 586 g/mol. The van der Waals surface area contributed by atoms with E-state index >= 15 is 0 Å². The van der Waals surface area contributed by atoms with E-state index in [-0.39, 0.29) is 23.3 Å². The van der Waals surface area contributed by atoms with E-state index in [4.69, 9.17) is 0 Å². The lowest BCUT2D eigenvalue weighted by molar-refractivity contribution is -0.114. The third-order valence-electron chi connectivity index (χ3n) is 5.94. The molecule has 0 aliphatic heterocycles. The summed E-state index contributed by atoms with van der Waals surface area (Å²) in [4.78, 5) is 39.4. The van der Waals surface area contributed by atoms with Gasteiger partial charge in [-0.3, -0.25) is 14.4 Å². The monoisotopic (exact) mass is 613 g/mol. The second-order valence-corrected chi connectivity index (χ2v) is 11.0. The first-order valence-corrected chi connectivity index (χ1v) is 14.3. The van der Waals surface area contributed by atoms with Crippen LogP contribution >= 0.6 is 27.7 Å². The zero-order valence-corrected chi connectivity index (χ0v) is 24.4. The topological polar surface area (TPSA) is 87.3 Å². The van der Waals surface area contributed by atoms with Crippen molar-refractivity contribution in [1.82, 2.24) is 5.32 Å². The number of aryl methyl sites for hydroxylation is 2. The Morgan fingerprint density at radius 3 is 2.08 bits per heavy atom. The number of benzene rings is 4. The first-order valence-electron chi connectivity index (χ1n) is 12.5. The van der Waals surface area contributed by atoms with Gasteiger partial charge in [0, 0.05) is 26.3 Å². The first-order chi connectivity index (χ1) is 19.3. The van der Waals surface area contributed by atoms with Crippen molar-refractivity contribution in [3.05, 3.63) is 129 Å². The van der Waals surface area contributed by atoms with Gasteiger partial charge in [-0.25, -0.2) is 0 Å². The standard InChI is InChI=1S/C32H28BrN3O3S/c1-21-7-6-8-22(2)30(21)36-29(37)20-40-27-17-15-26(16-18-27)34-32(39)28(19-23-11-13-25(33)14-12-23)35-31(38)24-9-4-3-5-10-24/h3-19H,20H2,1-2H3,(H,34,39)(H,35,38)(H,36,37)/b28-19-. The maximum Gasteiger partial charge on any atom is 0.272 e.